The molecule has 0 saturated carbocycles. The van der Waals surface area contributed by atoms with Crippen molar-refractivity contribution in [3.8, 4) is 11.3 Å². The molecule has 0 aliphatic heterocycles. The van der Waals surface area contributed by atoms with Crippen molar-refractivity contribution in [2.24, 2.45) is 0 Å². The van der Waals surface area contributed by atoms with E-state index in [2.05, 4.69) is 15.3 Å². The van der Waals surface area contributed by atoms with Gasteiger partial charge in [-0.1, -0.05) is 12.1 Å². The van der Waals surface area contributed by atoms with Gasteiger partial charge in [0.2, 0.25) is 0 Å². The third-order valence-corrected chi connectivity index (χ3v) is 3.76. The molecule has 0 amide bonds. The predicted octanol–water partition coefficient (Wildman–Crippen LogP) is 4.17. The molecule has 0 aliphatic rings. The summed E-state index contributed by atoms with van der Waals surface area (Å²) in [6, 6.07) is 11.1. The van der Waals surface area contributed by atoms with Gasteiger partial charge < -0.3 is 15.4 Å². The van der Waals surface area contributed by atoms with E-state index in [-0.39, 0.29) is 5.82 Å². The summed E-state index contributed by atoms with van der Waals surface area (Å²) in [7, 11) is 0. The van der Waals surface area contributed by atoms with Crippen LogP contribution in [0.5, 0.6) is 0 Å². The Morgan fingerprint density at radius 2 is 2.14 bits per heavy atom. The van der Waals surface area contributed by atoms with Gasteiger partial charge in [-0.3, -0.25) is 0 Å². The number of benzene rings is 1. The topological polar surface area (TPSA) is 81.0 Å². The van der Waals surface area contributed by atoms with Gasteiger partial charge in [-0.2, -0.15) is 0 Å². The van der Waals surface area contributed by atoms with Crippen LogP contribution >= 0.6 is 11.3 Å². The zero-order chi connectivity index (χ0) is 15.5. The number of nitrogens with one attached hydrogen (secondary N) is 1. The Balaban J connectivity index is 1.84. The average molecular weight is 312 g/mol. The van der Waals surface area contributed by atoms with Crippen LogP contribution in [-0.2, 0) is 0 Å². The molecule has 2 heterocycles. The molecule has 0 aliphatic carbocycles. The highest BCUT2D eigenvalue weighted by molar-refractivity contribution is 7.14. The molecule has 0 spiro atoms. The van der Waals surface area contributed by atoms with Crippen molar-refractivity contribution in [1.82, 2.24) is 9.97 Å². The molecule has 7 heteroatoms. The van der Waals surface area contributed by atoms with E-state index in [1.165, 1.54) is 23.6 Å². The minimum atomic E-state index is -0.512. The van der Waals surface area contributed by atoms with E-state index in [9.17, 15) is 10.1 Å². The van der Waals surface area contributed by atoms with Crippen LogP contribution in [0.1, 0.15) is 5.56 Å². The summed E-state index contributed by atoms with van der Waals surface area (Å²) < 4.78 is 0. The van der Waals surface area contributed by atoms with Gasteiger partial charge >= 0.3 is 5.82 Å². The predicted molar refractivity (Wildman–Crippen MR) is 86.5 cm³/mol. The van der Waals surface area contributed by atoms with E-state index in [0.717, 1.165) is 16.4 Å². The summed E-state index contributed by atoms with van der Waals surface area (Å²) >= 11 is 1.45. The van der Waals surface area contributed by atoms with Crippen LogP contribution in [-0.4, -0.2) is 14.9 Å². The average Bonchev–Trinajstić information content (AvgIpc) is 2.96. The Bertz CT molecular complexity index is 832. The van der Waals surface area contributed by atoms with Crippen LogP contribution in [0.15, 0.2) is 48.0 Å². The van der Waals surface area contributed by atoms with Crippen molar-refractivity contribution in [1.29, 1.82) is 0 Å². The van der Waals surface area contributed by atoms with Crippen molar-refractivity contribution in [3.05, 3.63) is 63.7 Å². The second-order valence-corrected chi connectivity index (χ2v) is 5.55. The fourth-order valence-corrected chi connectivity index (χ4v) is 2.73. The zero-order valence-electron chi connectivity index (χ0n) is 11.7. The van der Waals surface area contributed by atoms with Crippen LogP contribution < -0.4 is 5.32 Å². The van der Waals surface area contributed by atoms with E-state index in [1.54, 1.807) is 6.07 Å². The molecule has 0 radical (unpaired) electrons. The van der Waals surface area contributed by atoms with Gasteiger partial charge in [0.1, 0.15) is 6.20 Å². The monoisotopic (exact) mass is 312 g/mol. The highest BCUT2D eigenvalue weighted by Crippen LogP contribution is 2.28. The lowest BCUT2D eigenvalue weighted by atomic mass is 10.2. The number of anilines is 2. The molecule has 3 rings (SSSR count). The summed E-state index contributed by atoms with van der Waals surface area (Å²) in [5.74, 6) is -0.182. The van der Waals surface area contributed by atoms with Crippen LogP contribution in [0, 0.1) is 17.0 Å². The third kappa shape index (κ3) is 3.09. The second kappa shape index (κ2) is 5.90. The summed E-state index contributed by atoms with van der Waals surface area (Å²) in [6.07, 6.45) is 1.42. The lowest BCUT2D eigenvalue weighted by Crippen LogP contribution is -1.92. The zero-order valence-corrected chi connectivity index (χ0v) is 12.5. The number of nitro groups is 1. The largest absolute Gasteiger partial charge is 0.364 e. The van der Waals surface area contributed by atoms with Gasteiger partial charge in [0, 0.05) is 22.7 Å². The molecule has 1 aromatic carbocycles. The first-order valence-corrected chi connectivity index (χ1v) is 7.40. The van der Waals surface area contributed by atoms with E-state index in [4.69, 9.17) is 0 Å². The van der Waals surface area contributed by atoms with E-state index >= 15 is 0 Å². The molecule has 0 atom stereocenters. The normalized spacial score (nSPS) is 10.4. The molecule has 0 unspecified atom stereocenters. The third-order valence-electron chi connectivity index (χ3n) is 3.00. The van der Waals surface area contributed by atoms with E-state index in [1.807, 2.05) is 36.6 Å². The molecule has 0 saturated heterocycles. The molecular formula is C15H12N4O2S. The maximum atomic E-state index is 10.8. The summed E-state index contributed by atoms with van der Waals surface area (Å²) in [4.78, 5) is 18.4. The highest BCUT2D eigenvalue weighted by atomic mass is 32.1. The van der Waals surface area contributed by atoms with Gasteiger partial charge in [-0.05, 0) is 40.6 Å². The SMILES string of the molecule is Cc1cccc(Nc2nc(-c3ccnc([N+](=O)[O-])c3)cs2)c1. The van der Waals surface area contributed by atoms with Crippen molar-refractivity contribution in [2.45, 2.75) is 6.92 Å². The maximum Gasteiger partial charge on any atom is 0.364 e. The maximum absolute atomic E-state index is 10.8. The first-order valence-electron chi connectivity index (χ1n) is 6.52. The Hall–Kier alpha value is -2.80. The molecule has 0 fully saturated rings. The second-order valence-electron chi connectivity index (χ2n) is 4.69. The van der Waals surface area contributed by atoms with Crippen LogP contribution in [0.4, 0.5) is 16.6 Å². The number of hydrogen-bond acceptors (Lipinski definition) is 6. The first kappa shape index (κ1) is 14.2. The Labute approximate surface area is 130 Å². The summed E-state index contributed by atoms with van der Waals surface area (Å²) in [6.45, 7) is 2.02. The number of thiazole rings is 1. The van der Waals surface area contributed by atoms with Crippen LogP contribution in [0.3, 0.4) is 0 Å². The lowest BCUT2D eigenvalue weighted by Gasteiger charge is -2.02. The fourth-order valence-electron chi connectivity index (χ4n) is 1.99. The molecule has 110 valence electrons. The molecule has 1 N–H and O–H groups in total. The lowest BCUT2D eigenvalue weighted by molar-refractivity contribution is -0.389. The molecule has 2 aromatic heterocycles. The quantitative estimate of drug-likeness (QED) is 0.577. The Kier molecular flexibility index (Phi) is 3.80. The van der Waals surface area contributed by atoms with Gasteiger partial charge in [0.05, 0.1) is 5.69 Å². The highest BCUT2D eigenvalue weighted by Gasteiger charge is 2.11. The standard InChI is InChI=1S/C15H12N4O2S/c1-10-3-2-4-12(7-10)17-15-18-13(9-22-15)11-5-6-16-14(8-11)19(20)21/h2-9H,1H3,(H,17,18). The van der Waals surface area contributed by atoms with Gasteiger partial charge in [0.15, 0.2) is 5.13 Å². The number of aromatic nitrogens is 2. The van der Waals surface area contributed by atoms with Gasteiger partial charge in [0.25, 0.3) is 0 Å². The Morgan fingerprint density at radius 1 is 1.27 bits per heavy atom. The minimum absolute atomic E-state index is 0.182. The first-order chi connectivity index (χ1) is 10.6. The van der Waals surface area contributed by atoms with Crippen molar-refractivity contribution in [2.75, 3.05) is 5.32 Å². The smallest absolute Gasteiger partial charge is 0.358 e. The summed E-state index contributed by atoms with van der Waals surface area (Å²) in [5, 5.41) is 16.6. The van der Waals surface area contributed by atoms with Crippen LogP contribution in [0.25, 0.3) is 11.3 Å². The Morgan fingerprint density at radius 3 is 2.91 bits per heavy atom. The number of pyridine rings is 1. The molecular weight excluding hydrogens is 300 g/mol. The number of hydrogen-bond donors (Lipinski definition) is 1. The molecule has 22 heavy (non-hydrogen) atoms. The van der Waals surface area contributed by atoms with Gasteiger partial charge in [-0.15, -0.1) is 11.3 Å². The molecule has 0 bridgehead atoms. The molecule has 6 nitrogen and oxygen atoms in total. The number of rotatable bonds is 4. The van der Waals surface area contributed by atoms with Crippen molar-refractivity contribution in [3.63, 3.8) is 0 Å². The number of nitrogens with zero attached hydrogens (tertiary/aromatic N) is 3. The van der Waals surface area contributed by atoms with E-state index < -0.39 is 4.92 Å². The number of aryl methyl sites for hydroxylation is 1. The van der Waals surface area contributed by atoms with Gasteiger partial charge in [-0.25, -0.2) is 4.98 Å². The van der Waals surface area contributed by atoms with Crippen LogP contribution in [0.2, 0.25) is 0 Å². The fraction of sp³-hybridized carbons (Fsp3) is 0.0667. The van der Waals surface area contributed by atoms with Crippen molar-refractivity contribution >= 4 is 28.0 Å². The summed E-state index contributed by atoms with van der Waals surface area (Å²) in [5.41, 5.74) is 3.48. The van der Waals surface area contributed by atoms with Crippen molar-refractivity contribution < 1.29 is 4.92 Å². The molecule has 3 aromatic rings. The van der Waals surface area contributed by atoms with E-state index in [0.29, 0.717) is 11.3 Å². The minimum Gasteiger partial charge on any atom is -0.358 e.